The molecule has 0 bridgehead atoms. The molecule has 0 unspecified atom stereocenters. The fourth-order valence-electron chi connectivity index (χ4n) is 1.10. The topological polar surface area (TPSA) is 110 Å². The fraction of sp³-hybridized carbons (Fsp3) is 0.625. The van der Waals surface area contributed by atoms with Crippen molar-refractivity contribution in [2.45, 2.75) is 31.4 Å². The molecule has 1 rings (SSSR count). The summed E-state index contributed by atoms with van der Waals surface area (Å²) in [5.74, 6) is -0.0417. The highest BCUT2D eigenvalue weighted by atomic mass is 32.2. The van der Waals surface area contributed by atoms with E-state index in [0.717, 1.165) is 0 Å². The number of sulfonamides is 1. The molecular weight excluding hydrogens is 232 g/mol. The van der Waals surface area contributed by atoms with E-state index in [9.17, 15) is 8.42 Å². The highest BCUT2D eigenvalue weighted by molar-refractivity contribution is 7.89. The highest BCUT2D eigenvalue weighted by Gasteiger charge is 2.20. The second-order valence-corrected chi connectivity index (χ2v) is 5.17. The van der Waals surface area contributed by atoms with E-state index < -0.39 is 16.1 Å². The molecular formula is C8H16N4O3S. The quantitative estimate of drug-likeness (QED) is 0.628. The normalized spacial score (nSPS) is 13.9. The third kappa shape index (κ3) is 2.94. The van der Waals surface area contributed by atoms with Crippen molar-refractivity contribution in [1.82, 2.24) is 14.5 Å². The van der Waals surface area contributed by atoms with Crippen molar-refractivity contribution in [3.8, 4) is 0 Å². The predicted octanol–water partition coefficient (Wildman–Crippen LogP) is -0.856. The molecule has 0 aromatic carbocycles. The number of aliphatic hydroxyl groups excluding tert-OH is 1. The Labute approximate surface area is 94.3 Å². The van der Waals surface area contributed by atoms with Crippen molar-refractivity contribution in [2.75, 3.05) is 12.3 Å². The summed E-state index contributed by atoms with van der Waals surface area (Å²) in [6.45, 7) is 3.79. The lowest BCUT2D eigenvalue weighted by Crippen LogP contribution is -2.30. The first-order chi connectivity index (χ1) is 7.36. The van der Waals surface area contributed by atoms with Gasteiger partial charge in [-0.3, -0.25) is 4.68 Å². The zero-order chi connectivity index (χ0) is 12.3. The van der Waals surface area contributed by atoms with Crippen LogP contribution in [0.4, 0.5) is 5.82 Å². The lowest BCUT2D eigenvalue weighted by Gasteiger charge is -2.06. The maximum Gasteiger partial charge on any atom is 0.245 e. The SMILES string of the molecule is CCn1cc(S(=O)(=O)NC[C@@H](C)O)c(N)n1. The molecule has 0 spiro atoms. The van der Waals surface area contributed by atoms with Crippen molar-refractivity contribution in [3.63, 3.8) is 0 Å². The van der Waals surface area contributed by atoms with E-state index in [4.69, 9.17) is 10.8 Å². The third-order valence-corrected chi connectivity index (χ3v) is 3.38. The molecule has 4 N–H and O–H groups in total. The van der Waals surface area contributed by atoms with E-state index >= 15 is 0 Å². The van der Waals surface area contributed by atoms with E-state index in [1.165, 1.54) is 17.8 Å². The zero-order valence-electron chi connectivity index (χ0n) is 9.21. The van der Waals surface area contributed by atoms with Gasteiger partial charge in [-0.15, -0.1) is 0 Å². The van der Waals surface area contributed by atoms with Crippen LogP contribution >= 0.6 is 0 Å². The van der Waals surface area contributed by atoms with E-state index in [-0.39, 0.29) is 17.3 Å². The number of nitrogens with two attached hydrogens (primary N) is 1. The monoisotopic (exact) mass is 248 g/mol. The second kappa shape index (κ2) is 4.81. The van der Waals surface area contributed by atoms with Crippen LogP contribution in [-0.4, -0.2) is 36.0 Å². The van der Waals surface area contributed by atoms with E-state index in [2.05, 4.69) is 9.82 Å². The summed E-state index contributed by atoms with van der Waals surface area (Å²) in [6, 6.07) is 0. The van der Waals surface area contributed by atoms with Gasteiger partial charge in [0.15, 0.2) is 5.82 Å². The Bertz CT molecular complexity index is 452. The van der Waals surface area contributed by atoms with Crippen LogP contribution < -0.4 is 10.5 Å². The molecule has 0 radical (unpaired) electrons. The molecule has 0 aliphatic carbocycles. The zero-order valence-corrected chi connectivity index (χ0v) is 10.0. The summed E-state index contributed by atoms with van der Waals surface area (Å²) in [6.07, 6.45) is 0.608. The number of hydrogen-bond donors (Lipinski definition) is 3. The van der Waals surface area contributed by atoms with Gasteiger partial charge in [0.25, 0.3) is 0 Å². The summed E-state index contributed by atoms with van der Waals surface area (Å²) in [7, 11) is -3.69. The number of nitrogen functional groups attached to an aromatic ring is 1. The van der Waals surface area contributed by atoms with Crippen LogP contribution in [0.5, 0.6) is 0 Å². The van der Waals surface area contributed by atoms with Crippen LogP contribution in [0.15, 0.2) is 11.1 Å². The third-order valence-electron chi connectivity index (χ3n) is 1.94. The number of hydrogen-bond acceptors (Lipinski definition) is 5. The number of aryl methyl sites for hydroxylation is 1. The molecule has 1 heterocycles. The molecule has 0 aliphatic rings. The lowest BCUT2D eigenvalue weighted by atomic mass is 10.4. The maximum absolute atomic E-state index is 11.7. The van der Waals surface area contributed by atoms with Gasteiger partial charge in [-0.25, -0.2) is 13.1 Å². The molecule has 8 heteroatoms. The maximum atomic E-state index is 11.7. The van der Waals surface area contributed by atoms with Gasteiger partial charge >= 0.3 is 0 Å². The molecule has 92 valence electrons. The molecule has 0 amide bonds. The Morgan fingerprint density at radius 2 is 2.31 bits per heavy atom. The van der Waals surface area contributed by atoms with Crippen LogP contribution in [0.2, 0.25) is 0 Å². The average molecular weight is 248 g/mol. The number of nitrogens with one attached hydrogen (secondary N) is 1. The van der Waals surface area contributed by atoms with Gasteiger partial charge in [0.1, 0.15) is 4.90 Å². The van der Waals surface area contributed by atoms with Gasteiger partial charge < -0.3 is 10.8 Å². The largest absolute Gasteiger partial charge is 0.392 e. The van der Waals surface area contributed by atoms with Crippen LogP contribution in [0.1, 0.15) is 13.8 Å². The molecule has 0 saturated heterocycles. The van der Waals surface area contributed by atoms with Gasteiger partial charge in [0, 0.05) is 19.3 Å². The van der Waals surface area contributed by atoms with Gasteiger partial charge in [-0.05, 0) is 13.8 Å². The molecule has 16 heavy (non-hydrogen) atoms. The van der Waals surface area contributed by atoms with E-state index in [1.807, 2.05) is 6.92 Å². The molecule has 7 nitrogen and oxygen atoms in total. The standard InChI is InChI=1S/C8H16N4O3S/c1-3-12-5-7(8(9)11-12)16(14,15)10-4-6(2)13/h5-6,10,13H,3-4H2,1-2H3,(H2,9,11)/t6-/m1/s1. The van der Waals surface area contributed by atoms with Crippen LogP contribution in [0, 0.1) is 0 Å². The molecule has 1 aromatic heterocycles. The first-order valence-corrected chi connectivity index (χ1v) is 6.35. The Kier molecular flexibility index (Phi) is 3.89. The minimum absolute atomic E-state index is 0.0417. The van der Waals surface area contributed by atoms with Crippen molar-refractivity contribution in [3.05, 3.63) is 6.20 Å². The number of anilines is 1. The Balaban J connectivity index is 2.93. The summed E-state index contributed by atoms with van der Waals surface area (Å²) in [5.41, 5.74) is 5.50. The summed E-state index contributed by atoms with van der Waals surface area (Å²) < 4.78 is 27.1. The number of aromatic nitrogens is 2. The Morgan fingerprint density at radius 1 is 1.69 bits per heavy atom. The Hall–Kier alpha value is -1.12. The van der Waals surface area contributed by atoms with Gasteiger partial charge in [-0.1, -0.05) is 0 Å². The minimum atomic E-state index is -3.69. The van der Waals surface area contributed by atoms with Crippen LogP contribution in [0.3, 0.4) is 0 Å². The number of nitrogens with zero attached hydrogens (tertiary/aromatic N) is 2. The molecule has 1 aromatic rings. The minimum Gasteiger partial charge on any atom is -0.392 e. The summed E-state index contributed by atoms with van der Waals surface area (Å²) in [4.78, 5) is -0.0602. The van der Waals surface area contributed by atoms with Crippen LogP contribution in [-0.2, 0) is 16.6 Å². The van der Waals surface area contributed by atoms with Crippen LogP contribution in [0.25, 0.3) is 0 Å². The first kappa shape index (κ1) is 12.9. The molecule has 1 atom stereocenters. The van der Waals surface area contributed by atoms with E-state index in [1.54, 1.807) is 0 Å². The number of rotatable bonds is 5. The lowest BCUT2D eigenvalue weighted by molar-refractivity contribution is 0.198. The fourth-order valence-corrected chi connectivity index (χ4v) is 2.29. The average Bonchev–Trinajstić information content (AvgIpc) is 2.57. The highest BCUT2D eigenvalue weighted by Crippen LogP contribution is 2.15. The van der Waals surface area contributed by atoms with Gasteiger partial charge in [0.05, 0.1) is 6.10 Å². The molecule has 0 fully saturated rings. The van der Waals surface area contributed by atoms with Gasteiger partial charge in [-0.2, -0.15) is 5.10 Å². The number of aliphatic hydroxyl groups is 1. The van der Waals surface area contributed by atoms with Crippen molar-refractivity contribution in [2.24, 2.45) is 0 Å². The van der Waals surface area contributed by atoms with Crippen molar-refractivity contribution >= 4 is 15.8 Å². The molecule has 0 aliphatic heterocycles. The Morgan fingerprint density at radius 3 is 2.75 bits per heavy atom. The predicted molar refractivity (Wildman–Crippen MR) is 59.2 cm³/mol. The summed E-state index contributed by atoms with van der Waals surface area (Å²) >= 11 is 0. The molecule has 0 saturated carbocycles. The van der Waals surface area contributed by atoms with E-state index in [0.29, 0.717) is 6.54 Å². The van der Waals surface area contributed by atoms with Crippen molar-refractivity contribution in [1.29, 1.82) is 0 Å². The van der Waals surface area contributed by atoms with Crippen molar-refractivity contribution < 1.29 is 13.5 Å². The second-order valence-electron chi connectivity index (χ2n) is 3.44. The van der Waals surface area contributed by atoms with Gasteiger partial charge in [0.2, 0.25) is 10.0 Å². The first-order valence-electron chi connectivity index (χ1n) is 4.87. The smallest absolute Gasteiger partial charge is 0.245 e. The summed E-state index contributed by atoms with van der Waals surface area (Å²) in [5, 5.41) is 12.8.